The summed E-state index contributed by atoms with van der Waals surface area (Å²) in [6.07, 6.45) is 6.23. The smallest absolute Gasteiger partial charge is 0.209 e. The summed E-state index contributed by atoms with van der Waals surface area (Å²) in [6, 6.07) is 16.3. The topological polar surface area (TPSA) is 129 Å². The highest BCUT2D eigenvalue weighted by Gasteiger charge is 2.16. The molecular formula is C31H30FN7O3S. The van der Waals surface area contributed by atoms with Crippen molar-refractivity contribution >= 4 is 31.8 Å². The van der Waals surface area contributed by atoms with Crippen molar-refractivity contribution in [1.29, 1.82) is 0 Å². The molecule has 2 aromatic carbocycles. The molecule has 0 radical (unpaired) electrons. The number of benzene rings is 2. The number of ether oxygens (including phenoxy) is 1. The predicted molar refractivity (Wildman–Crippen MR) is 166 cm³/mol. The second kappa shape index (κ2) is 11.6. The Kier molecular flexibility index (Phi) is 7.65. The fraction of sp³-hybridized carbons (Fsp3) is 0.194. The van der Waals surface area contributed by atoms with Gasteiger partial charge in [-0.15, -0.1) is 0 Å². The van der Waals surface area contributed by atoms with Gasteiger partial charge in [0.15, 0.2) is 0 Å². The van der Waals surface area contributed by atoms with Crippen LogP contribution in [0.1, 0.15) is 5.56 Å². The number of hydrogen-bond donors (Lipinski definition) is 3. The summed E-state index contributed by atoms with van der Waals surface area (Å²) < 4.78 is 46.0. The van der Waals surface area contributed by atoms with Gasteiger partial charge in [-0.2, -0.15) is 5.10 Å². The lowest BCUT2D eigenvalue weighted by atomic mass is 10.0. The minimum atomic E-state index is -3.43. The first-order chi connectivity index (χ1) is 20.6. The molecule has 10 nitrogen and oxygen atoms in total. The Morgan fingerprint density at radius 1 is 0.930 bits per heavy atom. The molecule has 43 heavy (non-hydrogen) atoms. The molecule has 0 aliphatic heterocycles. The van der Waals surface area contributed by atoms with Crippen LogP contribution in [-0.4, -0.2) is 72.0 Å². The average Bonchev–Trinajstić information content (AvgIpc) is 3.59. The Hall–Kier alpha value is -4.65. The largest absolute Gasteiger partial charge is 0.491 e. The molecule has 6 aromatic rings. The van der Waals surface area contributed by atoms with Crippen LogP contribution in [-0.2, 0) is 16.6 Å². The lowest BCUT2D eigenvalue weighted by molar-refractivity contribution is 0.261. The number of sulfonamides is 1. The van der Waals surface area contributed by atoms with Crippen LogP contribution in [0.2, 0.25) is 0 Å². The summed E-state index contributed by atoms with van der Waals surface area (Å²) in [5.41, 5.74) is 6.65. The van der Waals surface area contributed by atoms with E-state index in [-0.39, 0.29) is 6.54 Å². The summed E-state index contributed by atoms with van der Waals surface area (Å²) in [5, 5.41) is 9.41. The molecule has 4 heterocycles. The normalized spacial score (nSPS) is 12.0. The number of H-pyrrole nitrogens is 2. The average molecular weight is 600 g/mol. The molecule has 0 aliphatic rings. The van der Waals surface area contributed by atoms with E-state index in [0.29, 0.717) is 29.2 Å². The minimum Gasteiger partial charge on any atom is -0.491 e. The maximum atomic E-state index is 14.6. The zero-order valence-corrected chi connectivity index (χ0v) is 24.7. The van der Waals surface area contributed by atoms with E-state index in [0.717, 1.165) is 57.1 Å². The van der Waals surface area contributed by atoms with Crippen LogP contribution in [0.25, 0.3) is 55.6 Å². The summed E-state index contributed by atoms with van der Waals surface area (Å²) >= 11 is 0. The van der Waals surface area contributed by atoms with Gasteiger partial charge in [-0.05, 0) is 73.8 Å². The first-order valence-electron chi connectivity index (χ1n) is 13.6. The molecule has 12 heteroatoms. The molecule has 0 unspecified atom stereocenters. The number of fused-ring (bicyclic) bond motifs is 2. The fourth-order valence-electron chi connectivity index (χ4n) is 4.92. The molecule has 0 bridgehead atoms. The molecular weight excluding hydrogens is 569 g/mol. The Bertz CT molecular complexity index is 2050. The van der Waals surface area contributed by atoms with Gasteiger partial charge in [0.25, 0.3) is 0 Å². The van der Waals surface area contributed by atoms with Crippen molar-refractivity contribution in [3.63, 3.8) is 0 Å². The predicted octanol–water partition coefficient (Wildman–Crippen LogP) is 4.96. The van der Waals surface area contributed by atoms with E-state index in [2.05, 4.69) is 40.8 Å². The van der Waals surface area contributed by atoms with Crippen LogP contribution >= 0.6 is 0 Å². The highest BCUT2D eigenvalue weighted by molar-refractivity contribution is 7.88. The third-order valence-corrected chi connectivity index (χ3v) is 7.66. The van der Waals surface area contributed by atoms with Crippen molar-refractivity contribution in [2.45, 2.75) is 6.54 Å². The van der Waals surface area contributed by atoms with E-state index in [4.69, 9.17) is 4.74 Å². The van der Waals surface area contributed by atoms with Crippen LogP contribution in [0.5, 0.6) is 5.75 Å². The monoisotopic (exact) mass is 599 g/mol. The number of pyridine rings is 2. The second-order valence-corrected chi connectivity index (χ2v) is 12.5. The van der Waals surface area contributed by atoms with Crippen LogP contribution in [0.4, 0.5) is 4.39 Å². The second-order valence-electron chi connectivity index (χ2n) is 10.6. The van der Waals surface area contributed by atoms with Crippen molar-refractivity contribution in [3.8, 4) is 39.5 Å². The third kappa shape index (κ3) is 6.41. The third-order valence-electron chi connectivity index (χ3n) is 6.99. The maximum absolute atomic E-state index is 14.6. The summed E-state index contributed by atoms with van der Waals surface area (Å²) in [6.45, 7) is 1.34. The van der Waals surface area contributed by atoms with Gasteiger partial charge >= 0.3 is 0 Å². The van der Waals surface area contributed by atoms with E-state index >= 15 is 0 Å². The van der Waals surface area contributed by atoms with Crippen molar-refractivity contribution in [2.24, 2.45) is 0 Å². The Morgan fingerprint density at radius 3 is 2.58 bits per heavy atom. The van der Waals surface area contributed by atoms with Crippen molar-refractivity contribution in [2.75, 3.05) is 33.5 Å². The maximum Gasteiger partial charge on any atom is 0.209 e. The number of aromatic nitrogens is 5. The number of aromatic amines is 2. The molecule has 3 N–H and O–H groups in total. The number of nitrogens with zero attached hydrogens (tertiary/aromatic N) is 4. The number of nitrogens with one attached hydrogen (secondary N) is 3. The van der Waals surface area contributed by atoms with Crippen LogP contribution in [0.3, 0.4) is 0 Å². The van der Waals surface area contributed by atoms with Gasteiger partial charge in [-0.3, -0.25) is 15.1 Å². The summed E-state index contributed by atoms with van der Waals surface area (Å²) in [7, 11) is 0.569. The molecule has 0 aliphatic carbocycles. The number of likely N-dealkylation sites (N-methyl/N-ethyl adjacent to an activating group) is 1. The SMILES string of the molecule is CN(C)CCOc1cncc(-c2ccc3[nH]nc(-c4cc5c(-c6cc(F)cc(CNS(C)(=O)=O)c6)nccc5[nH]4)c3c2)c1. The van der Waals surface area contributed by atoms with E-state index in [9.17, 15) is 12.8 Å². The number of halogens is 1. The Morgan fingerprint density at radius 2 is 1.77 bits per heavy atom. The highest BCUT2D eigenvalue weighted by atomic mass is 32.2. The molecule has 220 valence electrons. The summed E-state index contributed by atoms with van der Waals surface area (Å²) in [4.78, 5) is 14.4. The van der Waals surface area contributed by atoms with Gasteiger partial charge in [-0.25, -0.2) is 17.5 Å². The van der Waals surface area contributed by atoms with Crippen LogP contribution in [0, 0.1) is 5.82 Å². The van der Waals surface area contributed by atoms with E-state index in [1.807, 2.05) is 44.4 Å². The standard InChI is InChI=1S/C31H30FN7O3S/c1-39(2)8-9-42-24-13-22(17-33-18-24)20-4-5-28-25(14-20)31(38-37-28)29-15-26-27(36-29)6-7-34-30(26)21-10-19(11-23(32)12-21)16-35-43(3,40)41/h4-7,10-15,17-18,35-36H,8-9,16H2,1-3H3,(H,37,38). The van der Waals surface area contributed by atoms with Gasteiger partial charge in [0.2, 0.25) is 10.0 Å². The first-order valence-corrected chi connectivity index (χ1v) is 15.5. The van der Waals surface area contributed by atoms with Gasteiger partial charge in [-0.1, -0.05) is 6.07 Å². The number of rotatable bonds is 10. The Labute approximate surface area is 248 Å². The van der Waals surface area contributed by atoms with Crippen molar-refractivity contribution in [3.05, 3.63) is 84.6 Å². The van der Waals surface area contributed by atoms with Gasteiger partial charge in [0.1, 0.15) is 23.9 Å². The molecule has 0 amide bonds. The zero-order chi connectivity index (χ0) is 30.1. The lowest BCUT2D eigenvalue weighted by Crippen LogP contribution is -2.21. The van der Waals surface area contributed by atoms with Crippen LogP contribution in [0.15, 0.2) is 73.2 Å². The quantitative estimate of drug-likeness (QED) is 0.203. The lowest BCUT2D eigenvalue weighted by Gasteiger charge is -2.11. The number of hydrogen-bond acceptors (Lipinski definition) is 7. The summed E-state index contributed by atoms with van der Waals surface area (Å²) in [5.74, 6) is 0.222. The van der Waals surface area contributed by atoms with Gasteiger partial charge in [0, 0.05) is 52.9 Å². The van der Waals surface area contributed by atoms with E-state index in [1.54, 1.807) is 24.7 Å². The highest BCUT2D eigenvalue weighted by Crippen LogP contribution is 2.35. The van der Waals surface area contributed by atoms with E-state index < -0.39 is 15.8 Å². The van der Waals surface area contributed by atoms with Crippen molar-refractivity contribution < 1.29 is 17.5 Å². The molecule has 0 saturated carbocycles. The molecule has 0 saturated heterocycles. The molecule has 0 atom stereocenters. The fourth-order valence-corrected chi connectivity index (χ4v) is 5.34. The van der Waals surface area contributed by atoms with Gasteiger partial charge in [0.05, 0.1) is 29.4 Å². The van der Waals surface area contributed by atoms with Crippen molar-refractivity contribution in [1.82, 2.24) is 34.8 Å². The molecule has 0 fully saturated rings. The van der Waals surface area contributed by atoms with E-state index in [1.165, 1.54) is 12.1 Å². The molecule has 4 aromatic heterocycles. The van der Waals surface area contributed by atoms with Crippen LogP contribution < -0.4 is 9.46 Å². The van der Waals surface area contributed by atoms with Gasteiger partial charge < -0.3 is 14.6 Å². The molecule has 0 spiro atoms. The minimum absolute atomic E-state index is 0.0276. The first kappa shape index (κ1) is 28.5. The zero-order valence-electron chi connectivity index (χ0n) is 23.8. The Balaban J connectivity index is 1.35. The molecule has 6 rings (SSSR count).